The van der Waals surface area contributed by atoms with Gasteiger partial charge in [-0.2, -0.15) is 13.2 Å². The monoisotopic (exact) mass is 476 g/mol. The van der Waals surface area contributed by atoms with Crippen molar-refractivity contribution in [3.05, 3.63) is 53.9 Å². The largest absolute Gasteiger partial charge is 0.416 e. The van der Waals surface area contributed by atoms with Crippen LogP contribution in [-0.4, -0.2) is 44.9 Å². The Bertz CT molecular complexity index is 1010. The quantitative estimate of drug-likeness (QED) is 0.582. The summed E-state index contributed by atoms with van der Waals surface area (Å²) in [5, 5.41) is 2.61. The highest BCUT2D eigenvalue weighted by Gasteiger charge is 2.36. The van der Waals surface area contributed by atoms with Crippen LogP contribution in [0.4, 0.5) is 23.7 Å². The molecule has 6 nitrogen and oxygen atoms in total. The van der Waals surface area contributed by atoms with Crippen LogP contribution in [0.1, 0.15) is 56.2 Å². The molecule has 2 aliphatic rings. The number of alkyl halides is 3. The van der Waals surface area contributed by atoms with Crippen molar-refractivity contribution < 1.29 is 22.8 Å². The molecule has 1 aromatic carbocycles. The maximum absolute atomic E-state index is 13.4. The van der Waals surface area contributed by atoms with Gasteiger partial charge in [-0.15, -0.1) is 0 Å². The molecule has 184 valence electrons. The van der Waals surface area contributed by atoms with Crippen LogP contribution in [0.2, 0.25) is 0 Å². The summed E-state index contributed by atoms with van der Waals surface area (Å²) in [5.41, 5.74) is 0.252. The predicted octanol–water partition coefficient (Wildman–Crippen LogP) is 5.40. The van der Waals surface area contributed by atoms with Gasteiger partial charge in [-0.1, -0.05) is 25.3 Å². The number of hydrogen-bond acceptors (Lipinski definition) is 2. The predicted molar refractivity (Wildman–Crippen MR) is 123 cm³/mol. The van der Waals surface area contributed by atoms with Crippen LogP contribution in [0.5, 0.6) is 0 Å². The Balaban J connectivity index is 1.50. The van der Waals surface area contributed by atoms with Gasteiger partial charge in [0.1, 0.15) is 6.54 Å². The smallest absolute Gasteiger partial charge is 0.353 e. The minimum Gasteiger partial charge on any atom is -0.353 e. The summed E-state index contributed by atoms with van der Waals surface area (Å²) in [5.74, 6) is -0.131. The van der Waals surface area contributed by atoms with E-state index in [0.717, 1.165) is 62.8 Å². The lowest BCUT2D eigenvalue weighted by Crippen LogP contribution is -2.50. The van der Waals surface area contributed by atoms with Gasteiger partial charge in [0.25, 0.3) is 0 Å². The van der Waals surface area contributed by atoms with E-state index in [4.69, 9.17) is 0 Å². The van der Waals surface area contributed by atoms with Crippen LogP contribution in [-0.2, 0) is 24.6 Å². The zero-order valence-corrected chi connectivity index (χ0v) is 19.4. The van der Waals surface area contributed by atoms with Crippen molar-refractivity contribution >= 4 is 17.6 Å². The number of anilines is 1. The molecular weight excluding hydrogens is 445 g/mol. The highest BCUT2D eigenvalue weighted by molar-refractivity contribution is 5.92. The van der Waals surface area contributed by atoms with Crippen LogP contribution in [0.3, 0.4) is 0 Å². The second kappa shape index (κ2) is 10.1. The molecule has 1 heterocycles. The third-order valence-corrected chi connectivity index (χ3v) is 6.71. The van der Waals surface area contributed by atoms with Crippen molar-refractivity contribution in [3.63, 3.8) is 0 Å². The van der Waals surface area contributed by atoms with Crippen molar-refractivity contribution in [1.82, 2.24) is 14.4 Å². The Kier molecular flexibility index (Phi) is 7.19. The highest BCUT2D eigenvalue weighted by Crippen LogP contribution is 2.32. The molecule has 0 radical (unpaired) electrons. The Labute approximate surface area is 197 Å². The van der Waals surface area contributed by atoms with Crippen molar-refractivity contribution in [2.24, 2.45) is 7.05 Å². The van der Waals surface area contributed by atoms with Crippen LogP contribution >= 0.6 is 0 Å². The van der Waals surface area contributed by atoms with Crippen molar-refractivity contribution in [2.45, 2.75) is 69.8 Å². The van der Waals surface area contributed by atoms with Gasteiger partial charge in [0.05, 0.1) is 12.1 Å². The molecule has 0 unspecified atom stereocenters. The fourth-order valence-electron chi connectivity index (χ4n) is 4.61. The number of aryl methyl sites for hydroxylation is 1. The van der Waals surface area contributed by atoms with E-state index in [1.807, 2.05) is 34.8 Å². The number of carbonyl (C=O) groups excluding carboxylic acids is 2. The Morgan fingerprint density at radius 1 is 1.00 bits per heavy atom. The van der Waals surface area contributed by atoms with Gasteiger partial charge in [-0.3, -0.25) is 4.79 Å². The molecule has 0 spiro atoms. The zero-order valence-electron chi connectivity index (χ0n) is 19.4. The van der Waals surface area contributed by atoms with Crippen LogP contribution in [0.15, 0.2) is 42.6 Å². The van der Waals surface area contributed by atoms with Crippen molar-refractivity contribution in [1.29, 1.82) is 0 Å². The average Bonchev–Trinajstić information content (AvgIpc) is 3.57. The third-order valence-electron chi connectivity index (χ3n) is 6.71. The summed E-state index contributed by atoms with van der Waals surface area (Å²) in [4.78, 5) is 30.0. The van der Waals surface area contributed by atoms with E-state index in [1.165, 1.54) is 17.0 Å². The zero-order chi connectivity index (χ0) is 24.3. The second-order valence-corrected chi connectivity index (χ2v) is 9.29. The molecule has 2 aromatic rings. The number of nitrogens with one attached hydrogen (secondary N) is 1. The number of amides is 3. The molecule has 34 heavy (non-hydrogen) atoms. The second-order valence-electron chi connectivity index (χ2n) is 9.29. The summed E-state index contributed by atoms with van der Waals surface area (Å²) in [6.45, 7) is 0.386. The summed E-state index contributed by atoms with van der Waals surface area (Å²) >= 11 is 0. The Hall–Kier alpha value is -2.97. The fourth-order valence-corrected chi connectivity index (χ4v) is 4.61. The van der Waals surface area contributed by atoms with Crippen molar-refractivity contribution in [2.75, 3.05) is 11.9 Å². The van der Waals surface area contributed by atoms with Gasteiger partial charge in [0.15, 0.2) is 0 Å². The topological polar surface area (TPSA) is 57.6 Å². The first-order valence-electron chi connectivity index (χ1n) is 11.9. The van der Waals surface area contributed by atoms with E-state index in [1.54, 1.807) is 0 Å². The Morgan fingerprint density at radius 3 is 2.32 bits per heavy atom. The van der Waals surface area contributed by atoms with E-state index in [-0.39, 0.29) is 30.2 Å². The first kappa shape index (κ1) is 24.2. The van der Waals surface area contributed by atoms with E-state index in [0.29, 0.717) is 6.54 Å². The van der Waals surface area contributed by atoms with Gasteiger partial charge < -0.3 is 19.7 Å². The van der Waals surface area contributed by atoms with Crippen molar-refractivity contribution in [3.8, 4) is 0 Å². The molecule has 0 saturated heterocycles. The lowest BCUT2D eigenvalue weighted by molar-refractivity contribution is -0.137. The van der Waals surface area contributed by atoms with Gasteiger partial charge >= 0.3 is 12.2 Å². The molecular formula is C25H31F3N4O2. The molecule has 3 amide bonds. The lowest BCUT2D eigenvalue weighted by atomic mass is 9.94. The van der Waals surface area contributed by atoms with Gasteiger partial charge in [-0.05, 0) is 56.0 Å². The van der Waals surface area contributed by atoms with E-state index in [2.05, 4.69) is 5.32 Å². The lowest BCUT2D eigenvalue weighted by Gasteiger charge is -2.35. The molecule has 0 atom stereocenters. The first-order chi connectivity index (χ1) is 16.2. The van der Waals surface area contributed by atoms with E-state index in [9.17, 15) is 22.8 Å². The molecule has 0 bridgehead atoms. The fraction of sp³-hybridized carbons (Fsp3) is 0.520. The summed E-state index contributed by atoms with van der Waals surface area (Å²) in [7, 11) is 1.93. The first-order valence-corrected chi connectivity index (χ1v) is 11.9. The molecule has 2 aliphatic carbocycles. The van der Waals surface area contributed by atoms with Crippen LogP contribution in [0, 0.1) is 0 Å². The van der Waals surface area contributed by atoms with Gasteiger partial charge in [0.2, 0.25) is 5.91 Å². The summed E-state index contributed by atoms with van der Waals surface area (Å²) in [6, 6.07) is 8.02. The molecule has 2 fully saturated rings. The number of benzene rings is 1. The number of carbonyl (C=O) groups is 2. The maximum atomic E-state index is 13.4. The molecule has 1 aromatic heterocycles. The number of hydrogen-bond donors (Lipinski definition) is 1. The third kappa shape index (κ3) is 5.93. The normalized spacial score (nSPS) is 16.8. The minimum absolute atomic E-state index is 0.0657. The number of halogens is 3. The minimum atomic E-state index is -4.50. The SMILES string of the molecule is Cn1cccc1CN(C(=O)CN(C(=O)Nc1cccc(C(F)(F)F)c1)C1CCCCC1)C1CC1. The van der Waals surface area contributed by atoms with Crippen LogP contribution in [0.25, 0.3) is 0 Å². The van der Waals surface area contributed by atoms with E-state index >= 15 is 0 Å². The number of rotatable bonds is 7. The molecule has 2 saturated carbocycles. The van der Waals surface area contributed by atoms with Crippen LogP contribution < -0.4 is 5.32 Å². The number of urea groups is 1. The standard InChI is InChI=1S/C25H31F3N4O2/c1-30-14-6-11-22(30)16-31(21-12-13-21)23(33)17-32(20-9-3-2-4-10-20)24(34)29-19-8-5-7-18(15-19)25(26,27)28/h5-8,11,14-15,20-21H,2-4,9-10,12-13,16-17H2,1H3,(H,29,34). The highest BCUT2D eigenvalue weighted by atomic mass is 19.4. The maximum Gasteiger partial charge on any atom is 0.416 e. The van der Waals surface area contributed by atoms with E-state index < -0.39 is 17.8 Å². The molecule has 0 aliphatic heterocycles. The molecule has 9 heteroatoms. The van der Waals surface area contributed by atoms with Gasteiger partial charge in [-0.25, -0.2) is 4.79 Å². The average molecular weight is 477 g/mol. The Morgan fingerprint density at radius 2 is 1.71 bits per heavy atom. The summed E-state index contributed by atoms with van der Waals surface area (Å²) in [6.07, 6.45) is 3.88. The number of aromatic nitrogens is 1. The number of nitrogens with zero attached hydrogens (tertiary/aromatic N) is 3. The molecule has 1 N–H and O–H groups in total. The molecule has 4 rings (SSSR count). The van der Waals surface area contributed by atoms with Gasteiger partial charge in [0, 0.05) is 36.7 Å². The summed E-state index contributed by atoms with van der Waals surface area (Å²) < 4.78 is 41.3.